The zero-order chi connectivity index (χ0) is 18.7. The summed E-state index contributed by atoms with van der Waals surface area (Å²) >= 11 is 0. The van der Waals surface area contributed by atoms with E-state index in [0.717, 1.165) is 34.8 Å². The van der Waals surface area contributed by atoms with E-state index in [4.69, 9.17) is 0 Å². The first-order valence-corrected chi connectivity index (χ1v) is 9.94. The summed E-state index contributed by atoms with van der Waals surface area (Å²) in [6.45, 7) is 16.4. The zero-order valence-corrected chi connectivity index (χ0v) is 17.1. The quantitative estimate of drug-likeness (QED) is 0.772. The molecule has 1 aliphatic heterocycles. The van der Waals surface area contributed by atoms with Crippen molar-refractivity contribution >= 4 is 16.5 Å². The van der Waals surface area contributed by atoms with Gasteiger partial charge < -0.3 is 10.2 Å². The van der Waals surface area contributed by atoms with Crippen LogP contribution in [-0.4, -0.2) is 34.5 Å². The highest BCUT2D eigenvalue weighted by atomic mass is 32.2. The lowest BCUT2D eigenvalue weighted by atomic mass is 10.0. The number of nitrogens with one attached hydrogen (secondary N) is 1. The molecule has 1 atom stereocenters. The molecule has 25 heavy (non-hydrogen) atoms. The van der Waals surface area contributed by atoms with Gasteiger partial charge in [-0.2, -0.15) is 0 Å². The Bertz CT molecular complexity index is 757. The van der Waals surface area contributed by atoms with Gasteiger partial charge in [-0.05, 0) is 69.5 Å². The fourth-order valence-corrected chi connectivity index (χ4v) is 4.25. The van der Waals surface area contributed by atoms with Crippen LogP contribution in [-0.2, 0) is 10.8 Å². The van der Waals surface area contributed by atoms with Gasteiger partial charge >= 0.3 is 0 Å². The molecule has 136 valence electrons. The Morgan fingerprint density at radius 3 is 2.44 bits per heavy atom. The van der Waals surface area contributed by atoms with Gasteiger partial charge in [-0.1, -0.05) is 18.2 Å². The molecule has 1 aromatic rings. The maximum Gasteiger partial charge on any atom is 0.0643 e. The van der Waals surface area contributed by atoms with Crippen molar-refractivity contribution in [2.45, 2.75) is 44.8 Å². The molecule has 0 amide bonds. The summed E-state index contributed by atoms with van der Waals surface area (Å²) in [5.74, 6) is 0. The van der Waals surface area contributed by atoms with E-state index in [2.05, 4.69) is 63.6 Å². The summed E-state index contributed by atoms with van der Waals surface area (Å²) in [4.78, 5) is 3.02. The summed E-state index contributed by atoms with van der Waals surface area (Å²) in [5, 5.41) is 3.42. The van der Waals surface area contributed by atoms with Crippen LogP contribution in [0.1, 0.15) is 38.8 Å². The number of rotatable bonds is 6. The van der Waals surface area contributed by atoms with Crippen molar-refractivity contribution in [3.8, 4) is 0 Å². The molecule has 1 saturated heterocycles. The Morgan fingerprint density at radius 1 is 1.28 bits per heavy atom. The van der Waals surface area contributed by atoms with E-state index in [1.165, 1.54) is 16.8 Å². The minimum atomic E-state index is -0.963. The monoisotopic (exact) mass is 358 g/mol. The van der Waals surface area contributed by atoms with Crippen LogP contribution in [0.15, 0.2) is 52.6 Å². The van der Waals surface area contributed by atoms with Gasteiger partial charge in [0.15, 0.2) is 0 Å². The molecule has 3 nitrogen and oxygen atoms in total. The summed E-state index contributed by atoms with van der Waals surface area (Å²) in [5.41, 5.74) is 6.76. The second kappa shape index (κ2) is 8.15. The average molecular weight is 359 g/mol. The molecule has 1 N–H and O–H groups in total. The lowest BCUT2D eigenvalue weighted by molar-refractivity contribution is 0.526. The van der Waals surface area contributed by atoms with Crippen LogP contribution in [0.2, 0.25) is 0 Å². The minimum Gasteiger partial charge on any atom is -0.348 e. The molecule has 0 bridgehead atoms. The van der Waals surface area contributed by atoms with Gasteiger partial charge in [-0.15, -0.1) is 0 Å². The average Bonchev–Trinajstić information content (AvgIpc) is 2.56. The van der Waals surface area contributed by atoms with Crippen LogP contribution >= 0.6 is 0 Å². The number of hydrogen-bond acceptors (Lipinski definition) is 3. The van der Waals surface area contributed by atoms with Crippen molar-refractivity contribution in [1.29, 1.82) is 0 Å². The molecule has 2 rings (SSSR count). The molecule has 0 aromatic heterocycles. The lowest BCUT2D eigenvalue weighted by Gasteiger charge is -2.28. The molecule has 4 heteroatoms. The molecule has 0 saturated carbocycles. The standard InChI is InChI=1S/C21H30N2OS/c1-8-15(3)16(4)17(5)23(7)18(6)19-9-14(2)10-20(11-19)25(24)21-12-22-13-21/h8-11,21-22H,6,12-13H2,1-5,7H3/b15-8+,17-16-. The van der Waals surface area contributed by atoms with Crippen LogP contribution in [0, 0.1) is 6.92 Å². The normalized spacial score (nSPS) is 17.6. The predicted octanol–water partition coefficient (Wildman–Crippen LogP) is 4.24. The van der Waals surface area contributed by atoms with Crippen LogP contribution in [0.3, 0.4) is 0 Å². The second-order valence-corrected chi connectivity index (χ2v) is 8.53. The first-order chi connectivity index (χ1) is 11.8. The third-order valence-corrected chi connectivity index (χ3v) is 6.78. The van der Waals surface area contributed by atoms with Crippen molar-refractivity contribution in [1.82, 2.24) is 10.2 Å². The molecule has 1 heterocycles. The molecular weight excluding hydrogens is 328 g/mol. The molecule has 1 aliphatic rings. The van der Waals surface area contributed by atoms with Crippen molar-refractivity contribution in [2.75, 3.05) is 20.1 Å². The van der Waals surface area contributed by atoms with Crippen LogP contribution < -0.4 is 5.32 Å². The second-order valence-electron chi connectivity index (χ2n) is 6.80. The summed E-state index contributed by atoms with van der Waals surface area (Å²) < 4.78 is 12.7. The van der Waals surface area contributed by atoms with Crippen molar-refractivity contribution in [3.63, 3.8) is 0 Å². The number of hydrogen-bond donors (Lipinski definition) is 1. The van der Waals surface area contributed by atoms with E-state index >= 15 is 0 Å². The molecule has 0 aliphatic carbocycles. The van der Waals surface area contributed by atoms with E-state index in [-0.39, 0.29) is 5.25 Å². The Labute approximate surface area is 155 Å². The maximum atomic E-state index is 12.7. The molecular formula is C21H30N2OS. The molecule has 0 radical (unpaired) electrons. The van der Waals surface area contributed by atoms with Gasteiger partial charge in [0.2, 0.25) is 0 Å². The van der Waals surface area contributed by atoms with E-state index < -0.39 is 10.8 Å². The Balaban J connectivity index is 2.32. The van der Waals surface area contributed by atoms with Gasteiger partial charge in [0.25, 0.3) is 0 Å². The molecule has 0 spiro atoms. The first-order valence-electron chi connectivity index (χ1n) is 8.73. The van der Waals surface area contributed by atoms with E-state index in [1.807, 2.05) is 19.2 Å². The largest absolute Gasteiger partial charge is 0.348 e. The fraction of sp³-hybridized carbons (Fsp3) is 0.429. The summed E-state index contributed by atoms with van der Waals surface area (Å²) in [6, 6.07) is 6.18. The molecule has 1 aromatic carbocycles. The molecule has 1 fully saturated rings. The number of nitrogens with zero attached hydrogens (tertiary/aromatic N) is 1. The van der Waals surface area contributed by atoms with Crippen molar-refractivity contribution < 1.29 is 4.21 Å². The number of allylic oxidation sites excluding steroid dienone is 4. The highest BCUT2D eigenvalue weighted by Gasteiger charge is 2.25. The maximum absolute atomic E-state index is 12.7. The van der Waals surface area contributed by atoms with E-state index in [0.29, 0.717) is 0 Å². The van der Waals surface area contributed by atoms with Gasteiger partial charge in [-0.25, -0.2) is 0 Å². The minimum absolute atomic E-state index is 0.224. The Hall–Kier alpha value is -1.65. The van der Waals surface area contributed by atoms with E-state index in [9.17, 15) is 4.21 Å². The Morgan fingerprint density at radius 2 is 1.92 bits per heavy atom. The highest BCUT2D eigenvalue weighted by molar-refractivity contribution is 7.85. The lowest BCUT2D eigenvalue weighted by Crippen LogP contribution is -2.49. The SMILES string of the molecule is C=C(c1cc(C)cc(S(=O)C2CNC2)c1)N(C)/C(C)=C(C)\C(C)=C\C. The Kier molecular flexibility index (Phi) is 6.42. The van der Waals surface area contributed by atoms with Crippen molar-refractivity contribution in [2.24, 2.45) is 0 Å². The first kappa shape index (κ1) is 19.7. The predicted molar refractivity (Wildman–Crippen MR) is 109 cm³/mol. The smallest absolute Gasteiger partial charge is 0.0643 e. The number of benzene rings is 1. The summed E-state index contributed by atoms with van der Waals surface area (Å²) in [6.07, 6.45) is 2.12. The van der Waals surface area contributed by atoms with Gasteiger partial charge in [0.1, 0.15) is 0 Å². The van der Waals surface area contributed by atoms with Crippen LogP contribution in [0.25, 0.3) is 5.70 Å². The van der Waals surface area contributed by atoms with Crippen LogP contribution in [0.4, 0.5) is 0 Å². The van der Waals surface area contributed by atoms with Gasteiger partial charge in [0, 0.05) is 36.4 Å². The van der Waals surface area contributed by atoms with Crippen molar-refractivity contribution in [3.05, 3.63) is 58.8 Å². The van der Waals surface area contributed by atoms with Crippen LogP contribution in [0.5, 0.6) is 0 Å². The topological polar surface area (TPSA) is 32.3 Å². The summed E-state index contributed by atoms with van der Waals surface area (Å²) in [7, 11) is 1.08. The fourth-order valence-electron chi connectivity index (χ4n) is 2.79. The third-order valence-electron chi connectivity index (χ3n) is 5.14. The zero-order valence-electron chi connectivity index (χ0n) is 16.3. The van der Waals surface area contributed by atoms with Gasteiger partial charge in [0.05, 0.1) is 16.0 Å². The molecule has 1 unspecified atom stereocenters. The third kappa shape index (κ3) is 4.31. The van der Waals surface area contributed by atoms with E-state index in [1.54, 1.807) is 0 Å². The number of aryl methyl sites for hydroxylation is 1. The van der Waals surface area contributed by atoms with Gasteiger partial charge in [-0.3, -0.25) is 4.21 Å². The highest BCUT2D eigenvalue weighted by Crippen LogP contribution is 2.27.